The number of allylic oxidation sites excluding steroid dienone is 1. The van der Waals surface area contributed by atoms with Gasteiger partial charge in [0.25, 0.3) is 0 Å². The highest BCUT2D eigenvalue weighted by Gasteiger charge is 2.29. The number of fused-ring (bicyclic) bond motifs is 2. The highest BCUT2D eigenvalue weighted by atomic mass is 32.1. The molecule has 0 unspecified atom stereocenters. The minimum absolute atomic E-state index is 0.215. The third kappa shape index (κ3) is 5.56. The van der Waals surface area contributed by atoms with Gasteiger partial charge in [-0.25, -0.2) is 9.97 Å². The molecule has 4 aromatic rings. The number of nitrogens with zero attached hydrogens (tertiary/aromatic N) is 6. The van der Waals surface area contributed by atoms with E-state index >= 15 is 0 Å². The molecular weight excluding hydrogens is 523 g/mol. The van der Waals surface area contributed by atoms with Crippen LogP contribution in [-0.2, 0) is 19.5 Å². The molecule has 1 saturated heterocycles. The number of anilines is 1. The van der Waals surface area contributed by atoms with Gasteiger partial charge in [0.05, 0.1) is 30.6 Å². The van der Waals surface area contributed by atoms with Crippen molar-refractivity contribution < 1.29 is 13.2 Å². The molecule has 11 heteroatoms. The van der Waals surface area contributed by atoms with Gasteiger partial charge in [0.1, 0.15) is 17.0 Å². The maximum Gasteiger partial charge on any atom is 0.393 e. The number of piperidine rings is 1. The fourth-order valence-corrected chi connectivity index (χ4v) is 6.61. The maximum atomic E-state index is 12.9. The molecule has 1 aromatic carbocycles. The van der Waals surface area contributed by atoms with E-state index in [1.54, 1.807) is 6.07 Å². The highest BCUT2D eigenvalue weighted by molar-refractivity contribution is 7.18. The summed E-state index contributed by atoms with van der Waals surface area (Å²) in [6.07, 6.45) is 0.198. The van der Waals surface area contributed by atoms with E-state index in [1.165, 1.54) is 34.1 Å². The minimum Gasteiger partial charge on any atom is -0.367 e. The zero-order valence-corrected chi connectivity index (χ0v) is 22.7. The molecule has 3 aromatic heterocycles. The topological polar surface area (TPSA) is 70.7 Å². The Morgan fingerprint density at radius 1 is 1.05 bits per heavy atom. The molecule has 0 saturated carbocycles. The standard InChI is InChI=1S/C28H30F3N7S/c1-17-11-23-18(2)19(3-4-25(23)38(17)15-21-5-8-34-36-21)14-37-9-6-20(7-10-37)35-26-24-12-22(13-28(29,30)31)39-27(24)33-16-32-26/h3-5,11-12,16,20H,6-10,13-15H2,1-2H3,(H,32,33,35). The SMILES string of the molecule is Cc1c(CN2CCC(Nc3ncnc4sc(CC(F)(F)F)cc34)CC2)ccc2c1cc(C)n2CC1=CCN=N1. The Kier molecular flexibility index (Phi) is 6.88. The van der Waals surface area contributed by atoms with Crippen molar-refractivity contribution in [2.75, 3.05) is 25.0 Å². The minimum atomic E-state index is -4.24. The van der Waals surface area contributed by atoms with E-state index < -0.39 is 12.6 Å². The van der Waals surface area contributed by atoms with Crippen LogP contribution in [0.2, 0.25) is 0 Å². The second-order valence-electron chi connectivity index (χ2n) is 10.4. The van der Waals surface area contributed by atoms with Gasteiger partial charge in [0, 0.05) is 47.2 Å². The highest BCUT2D eigenvalue weighted by Crippen LogP contribution is 2.33. The van der Waals surface area contributed by atoms with Gasteiger partial charge in [-0.15, -0.1) is 11.3 Å². The molecule has 0 bridgehead atoms. The Morgan fingerprint density at radius 3 is 2.62 bits per heavy atom. The van der Waals surface area contributed by atoms with Crippen molar-refractivity contribution in [3.05, 3.63) is 64.1 Å². The number of aryl methyl sites for hydroxylation is 2. The lowest BCUT2D eigenvalue weighted by molar-refractivity contribution is -0.126. The molecule has 39 heavy (non-hydrogen) atoms. The first kappa shape index (κ1) is 25.9. The van der Waals surface area contributed by atoms with Gasteiger partial charge in [-0.1, -0.05) is 6.07 Å². The van der Waals surface area contributed by atoms with Crippen molar-refractivity contribution in [1.82, 2.24) is 19.4 Å². The molecule has 5 heterocycles. The summed E-state index contributed by atoms with van der Waals surface area (Å²) in [7, 11) is 0. The molecule has 0 atom stereocenters. The molecule has 1 N–H and O–H groups in total. The fraction of sp³-hybridized carbons (Fsp3) is 0.429. The predicted octanol–water partition coefficient (Wildman–Crippen LogP) is 6.79. The van der Waals surface area contributed by atoms with Crippen LogP contribution in [0.5, 0.6) is 0 Å². The van der Waals surface area contributed by atoms with Crippen LogP contribution in [0.3, 0.4) is 0 Å². The van der Waals surface area contributed by atoms with Crippen molar-refractivity contribution in [1.29, 1.82) is 0 Å². The lowest BCUT2D eigenvalue weighted by Gasteiger charge is -2.33. The number of aromatic nitrogens is 3. The number of nitrogens with one attached hydrogen (secondary N) is 1. The maximum absolute atomic E-state index is 12.9. The van der Waals surface area contributed by atoms with Gasteiger partial charge in [0.2, 0.25) is 0 Å². The third-order valence-corrected chi connectivity index (χ3v) is 8.72. The quantitative estimate of drug-likeness (QED) is 0.273. The zero-order chi connectivity index (χ0) is 27.1. The zero-order valence-electron chi connectivity index (χ0n) is 21.9. The lowest BCUT2D eigenvalue weighted by atomic mass is 10.0. The molecule has 7 nitrogen and oxygen atoms in total. The number of rotatable bonds is 7. The molecule has 0 aliphatic carbocycles. The Bertz CT molecular complexity index is 1580. The Labute approximate surface area is 228 Å². The first-order valence-electron chi connectivity index (χ1n) is 13.2. The van der Waals surface area contributed by atoms with E-state index in [0.29, 0.717) is 22.6 Å². The summed E-state index contributed by atoms with van der Waals surface area (Å²) in [5.74, 6) is 0.624. The number of thiophene rings is 1. The summed E-state index contributed by atoms with van der Waals surface area (Å²) in [5.41, 5.74) is 6.10. The smallest absolute Gasteiger partial charge is 0.367 e. The molecule has 2 aliphatic rings. The van der Waals surface area contributed by atoms with Crippen LogP contribution < -0.4 is 5.32 Å². The average molecular weight is 554 g/mol. The van der Waals surface area contributed by atoms with Crippen molar-refractivity contribution in [2.45, 2.75) is 58.4 Å². The lowest BCUT2D eigenvalue weighted by Crippen LogP contribution is -2.39. The summed E-state index contributed by atoms with van der Waals surface area (Å²) in [4.78, 5) is 11.9. The number of hydrogen-bond donors (Lipinski definition) is 1. The van der Waals surface area contributed by atoms with Gasteiger partial charge < -0.3 is 9.88 Å². The van der Waals surface area contributed by atoms with Crippen molar-refractivity contribution in [3.8, 4) is 0 Å². The van der Waals surface area contributed by atoms with Crippen LogP contribution in [0.15, 0.2) is 52.6 Å². The van der Waals surface area contributed by atoms with Crippen LogP contribution in [-0.4, -0.2) is 51.3 Å². The van der Waals surface area contributed by atoms with Crippen LogP contribution in [0.25, 0.3) is 21.1 Å². The molecular formula is C28H30F3N7S. The van der Waals surface area contributed by atoms with Crippen molar-refractivity contribution in [2.24, 2.45) is 10.2 Å². The molecule has 204 valence electrons. The second-order valence-corrected chi connectivity index (χ2v) is 11.5. The van der Waals surface area contributed by atoms with Gasteiger partial charge in [0.15, 0.2) is 0 Å². The Balaban J connectivity index is 1.10. The third-order valence-electron chi connectivity index (χ3n) is 7.68. The number of azo groups is 1. The van der Waals surface area contributed by atoms with Crippen molar-refractivity contribution in [3.63, 3.8) is 0 Å². The molecule has 0 radical (unpaired) electrons. The first-order valence-corrected chi connectivity index (χ1v) is 14.0. The number of alkyl halides is 3. The second kappa shape index (κ2) is 10.3. The normalized spacial score (nSPS) is 17.0. The van der Waals surface area contributed by atoms with Crippen LogP contribution >= 0.6 is 11.3 Å². The van der Waals surface area contributed by atoms with E-state index in [-0.39, 0.29) is 10.9 Å². The summed E-state index contributed by atoms with van der Waals surface area (Å²) in [6, 6.07) is 8.53. The van der Waals surface area contributed by atoms with Crippen LogP contribution in [0.1, 0.15) is 34.5 Å². The van der Waals surface area contributed by atoms with E-state index in [4.69, 9.17) is 0 Å². The van der Waals surface area contributed by atoms with Crippen LogP contribution in [0.4, 0.5) is 19.0 Å². The number of hydrogen-bond acceptors (Lipinski definition) is 7. The van der Waals surface area contributed by atoms with E-state index in [0.717, 1.165) is 56.1 Å². The van der Waals surface area contributed by atoms with Gasteiger partial charge in [-0.2, -0.15) is 23.4 Å². The number of benzene rings is 1. The first-order chi connectivity index (χ1) is 18.7. The Hall–Kier alpha value is -3.31. The van der Waals surface area contributed by atoms with Crippen molar-refractivity contribution >= 4 is 38.3 Å². The molecule has 1 fully saturated rings. The molecule has 6 rings (SSSR count). The number of likely N-dealkylation sites (tertiary alicyclic amines) is 1. The Morgan fingerprint density at radius 2 is 1.87 bits per heavy atom. The summed E-state index contributed by atoms with van der Waals surface area (Å²) >= 11 is 1.08. The van der Waals surface area contributed by atoms with E-state index in [9.17, 15) is 13.2 Å². The molecule has 0 spiro atoms. The molecule has 2 aliphatic heterocycles. The molecule has 0 amide bonds. The predicted molar refractivity (Wildman–Crippen MR) is 148 cm³/mol. The van der Waals surface area contributed by atoms with Gasteiger partial charge in [-0.05, 0) is 62.1 Å². The van der Waals surface area contributed by atoms with Gasteiger partial charge >= 0.3 is 6.18 Å². The number of halogens is 3. The summed E-state index contributed by atoms with van der Waals surface area (Å²) < 4.78 is 40.9. The summed E-state index contributed by atoms with van der Waals surface area (Å²) in [5, 5.41) is 13.8. The van der Waals surface area contributed by atoms with Gasteiger partial charge in [-0.3, -0.25) is 4.90 Å². The largest absolute Gasteiger partial charge is 0.393 e. The average Bonchev–Trinajstić information content (AvgIpc) is 3.62. The summed E-state index contributed by atoms with van der Waals surface area (Å²) in [6.45, 7) is 8.52. The fourth-order valence-electron chi connectivity index (χ4n) is 5.59. The van der Waals surface area contributed by atoms with E-state index in [2.05, 4.69) is 73.1 Å². The van der Waals surface area contributed by atoms with E-state index in [1.807, 2.05) is 0 Å². The monoisotopic (exact) mass is 553 g/mol. The van der Waals surface area contributed by atoms with Crippen LogP contribution in [0, 0.1) is 13.8 Å².